The van der Waals surface area contributed by atoms with E-state index in [0.29, 0.717) is 33.6 Å². The molecule has 0 saturated carbocycles. The number of nitrogens with zero attached hydrogens (tertiary/aromatic N) is 4. The molecule has 0 aliphatic heterocycles. The first-order valence-electron chi connectivity index (χ1n) is 10.4. The van der Waals surface area contributed by atoms with Gasteiger partial charge in [0.05, 0.1) is 22.3 Å². The van der Waals surface area contributed by atoms with E-state index in [1.165, 1.54) is 11.8 Å². The number of para-hydroxylation sites is 2. The molecule has 0 fully saturated rings. The third-order valence-corrected chi connectivity index (χ3v) is 6.09. The molecule has 2 heterocycles. The van der Waals surface area contributed by atoms with Crippen molar-refractivity contribution in [2.24, 2.45) is 0 Å². The number of rotatable bonds is 6. The summed E-state index contributed by atoms with van der Waals surface area (Å²) in [6.45, 7) is 2.08. The van der Waals surface area contributed by atoms with Crippen LogP contribution in [-0.2, 0) is 12.2 Å². The molecule has 2 aromatic heterocycles. The van der Waals surface area contributed by atoms with Gasteiger partial charge in [-0.3, -0.25) is 9.36 Å². The topological polar surface area (TPSA) is 73.8 Å². The van der Waals surface area contributed by atoms with Crippen molar-refractivity contribution in [3.63, 3.8) is 0 Å². The van der Waals surface area contributed by atoms with Crippen molar-refractivity contribution in [2.75, 3.05) is 0 Å². The maximum absolute atomic E-state index is 13.5. The molecule has 0 aliphatic carbocycles. The highest BCUT2D eigenvalue weighted by molar-refractivity contribution is 7.98. The largest absolute Gasteiger partial charge is 0.420 e. The summed E-state index contributed by atoms with van der Waals surface area (Å²) in [6, 6.07) is 25.0. The van der Waals surface area contributed by atoms with Gasteiger partial charge in [-0.25, -0.2) is 4.98 Å². The van der Waals surface area contributed by atoms with Gasteiger partial charge in [0.15, 0.2) is 5.16 Å². The molecular weight excluding hydrogens is 420 g/mol. The Hall–Kier alpha value is -3.71. The summed E-state index contributed by atoms with van der Waals surface area (Å²) in [4.78, 5) is 18.3. The minimum atomic E-state index is -0.0884. The second-order valence-electron chi connectivity index (χ2n) is 7.19. The SMILES string of the molecule is CCc1ccccc1-n1c(SCc2nnc(-c3ccccc3)o2)nc2ccccc2c1=O. The lowest BCUT2D eigenvalue weighted by Crippen LogP contribution is -2.22. The standard InChI is InChI=1S/C25H20N4O2S/c1-2-17-10-6-9-15-21(17)29-24(30)19-13-7-8-14-20(19)26-25(29)32-16-22-27-28-23(31-22)18-11-4-3-5-12-18/h3-15H,2,16H2,1H3. The molecule has 0 aliphatic rings. The molecule has 5 rings (SSSR count). The number of fused-ring (bicyclic) bond motifs is 1. The molecule has 0 saturated heterocycles. The van der Waals surface area contributed by atoms with E-state index < -0.39 is 0 Å². The Morgan fingerprint density at radius 1 is 0.906 bits per heavy atom. The van der Waals surface area contributed by atoms with Crippen LogP contribution in [0.3, 0.4) is 0 Å². The second-order valence-corrected chi connectivity index (χ2v) is 8.13. The zero-order valence-electron chi connectivity index (χ0n) is 17.4. The van der Waals surface area contributed by atoms with Gasteiger partial charge in [0.2, 0.25) is 11.8 Å². The Bertz CT molecular complexity index is 1440. The molecule has 0 atom stereocenters. The Labute approximate surface area is 189 Å². The highest BCUT2D eigenvalue weighted by Gasteiger charge is 2.17. The Morgan fingerprint density at radius 2 is 1.66 bits per heavy atom. The number of hydrogen-bond donors (Lipinski definition) is 0. The highest BCUT2D eigenvalue weighted by Crippen LogP contribution is 2.27. The van der Waals surface area contributed by atoms with Crippen molar-refractivity contribution in [1.82, 2.24) is 19.7 Å². The van der Waals surface area contributed by atoms with E-state index in [0.717, 1.165) is 23.2 Å². The van der Waals surface area contributed by atoms with Crippen molar-refractivity contribution in [3.05, 3.63) is 101 Å². The van der Waals surface area contributed by atoms with Gasteiger partial charge >= 0.3 is 0 Å². The Morgan fingerprint density at radius 3 is 2.50 bits per heavy atom. The van der Waals surface area contributed by atoms with E-state index in [-0.39, 0.29) is 5.56 Å². The van der Waals surface area contributed by atoms with Crippen LogP contribution in [0.25, 0.3) is 28.0 Å². The van der Waals surface area contributed by atoms with Crippen LogP contribution in [0.2, 0.25) is 0 Å². The molecule has 0 unspecified atom stereocenters. The summed E-state index contributed by atoms with van der Waals surface area (Å²) in [6.07, 6.45) is 0.809. The van der Waals surface area contributed by atoms with Gasteiger partial charge in [-0.2, -0.15) is 0 Å². The summed E-state index contributed by atoms with van der Waals surface area (Å²) in [5, 5.41) is 9.51. The minimum absolute atomic E-state index is 0.0884. The number of benzene rings is 3. The van der Waals surface area contributed by atoms with Crippen molar-refractivity contribution >= 4 is 22.7 Å². The molecular formula is C25H20N4O2S. The molecule has 6 nitrogen and oxygen atoms in total. The summed E-state index contributed by atoms with van der Waals surface area (Å²) >= 11 is 1.41. The molecule has 0 bridgehead atoms. The highest BCUT2D eigenvalue weighted by atomic mass is 32.2. The minimum Gasteiger partial charge on any atom is -0.420 e. The zero-order chi connectivity index (χ0) is 21.9. The molecule has 0 radical (unpaired) electrons. The Balaban J connectivity index is 1.55. The first-order valence-corrected chi connectivity index (χ1v) is 11.3. The number of thioether (sulfide) groups is 1. The maximum atomic E-state index is 13.5. The molecule has 0 amide bonds. The normalized spacial score (nSPS) is 11.2. The van der Waals surface area contributed by atoms with Crippen molar-refractivity contribution < 1.29 is 4.42 Å². The van der Waals surface area contributed by atoms with E-state index in [4.69, 9.17) is 9.40 Å². The fraction of sp³-hybridized carbons (Fsp3) is 0.120. The summed E-state index contributed by atoms with van der Waals surface area (Å²) in [7, 11) is 0. The van der Waals surface area contributed by atoms with E-state index in [9.17, 15) is 4.79 Å². The Kier molecular flexibility index (Phi) is 5.56. The second kappa shape index (κ2) is 8.80. The maximum Gasteiger partial charge on any atom is 0.266 e. The van der Waals surface area contributed by atoms with Gasteiger partial charge in [0.1, 0.15) is 0 Å². The van der Waals surface area contributed by atoms with Crippen LogP contribution in [0.4, 0.5) is 0 Å². The summed E-state index contributed by atoms with van der Waals surface area (Å²) in [5.41, 5.74) is 3.37. The monoisotopic (exact) mass is 440 g/mol. The van der Waals surface area contributed by atoms with Gasteiger partial charge < -0.3 is 4.42 Å². The molecule has 32 heavy (non-hydrogen) atoms. The van der Waals surface area contributed by atoms with Crippen LogP contribution in [0.5, 0.6) is 0 Å². The van der Waals surface area contributed by atoms with E-state index in [1.54, 1.807) is 4.57 Å². The third kappa shape index (κ3) is 3.83. The molecule has 5 aromatic rings. The van der Waals surface area contributed by atoms with Crippen molar-refractivity contribution in [3.8, 4) is 17.1 Å². The predicted octanol–water partition coefficient (Wildman–Crippen LogP) is 5.29. The first kappa shape index (κ1) is 20.2. The van der Waals surface area contributed by atoms with Crippen LogP contribution in [0.15, 0.2) is 93.2 Å². The van der Waals surface area contributed by atoms with Crippen molar-refractivity contribution in [2.45, 2.75) is 24.3 Å². The van der Waals surface area contributed by atoms with Crippen molar-refractivity contribution in [1.29, 1.82) is 0 Å². The summed E-state index contributed by atoms with van der Waals surface area (Å²) < 4.78 is 7.54. The van der Waals surface area contributed by atoms with Crippen LogP contribution in [-0.4, -0.2) is 19.7 Å². The van der Waals surface area contributed by atoms with Crippen LogP contribution in [0, 0.1) is 0 Å². The van der Waals surface area contributed by atoms with Crippen LogP contribution >= 0.6 is 11.8 Å². The molecule has 0 N–H and O–H groups in total. The van der Waals surface area contributed by atoms with E-state index in [2.05, 4.69) is 17.1 Å². The van der Waals surface area contributed by atoms with Crippen LogP contribution < -0.4 is 5.56 Å². The van der Waals surface area contributed by atoms with Gasteiger partial charge in [-0.05, 0) is 42.3 Å². The zero-order valence-corrected chi connectivity index (χ0v) is 18.2. The number of aromatic nitrogens is 4. The number of hydrogen-bond acceptors (Lipinski definition) is 6. The van der Waals surface area contributed by atoms with Gasteiger partial charge in [0.25, 0.3) is 5.56 Å². The number of aryl methyl sites for hydroxylation is 1. The first-order chi connectivity index (χ1) is 15.7. The lowest BCUT2D eigenvalue weighted by Gasteiger charge is -2.15. The average molecular weight is 441 g/mol. The smallest absolute Gasteiger partial charge is 0.266 e. The third-order valence-electron chi connectivity index (χ3n) is 5.17. The average Bonchev–Trinajstić information content (AvgIpc) is 3.33. The molecule has 0 spiro atoms. The van der Waals surface area contributed by atoms with E-state index in [1.807, 2.05) is 78.9 Å². The quantitative estimate of drug-likeness (QED) is 0.264. The lowest BCUT2D eigenvalue weighted by atomic mass is 10.1. The fourth-order valence-electron chi connectivity index (χ4n) is 3.59. The van der Waals surface area contributed by atoms with Crippen LogP contribution in [0.1, 0.15) is 18.4 Å². The van der Waals surface area contributed by atoms with Gasteiger partial charge in [0, 0.05) is 5.56 Å². The molecule has 158 valence electrons. The molecule has 7 heteroatoms. The van der Waals surface area contributed by atoms with E-state index >= 15 is 0 Å². The van der Waals surface area contributed by atoms with Gasteiger partial charge in [-0.15, -0.1) is 10.2 Å². The fourth-order valence-corrected chi connectivity index (χ4v) is 4.43. The van der Waals surface area contributed by atoms with Gasteiger partial charge in [-0.1, -0.05) is 67.2 Å². The predicted molar refractivity (Wildman–Crippen MR) is 126 cm³/mol. The lowest BCUT2D eigenvalue weighted by molar-refractivity contribution is 0.528. The summed E-state index contributed by atoms with van der Waals surface area (Å²) in [5.74, 6) is 1.35. The molecule has 3 aromatic carbocycles.